The van der Waals surface area contributed by atoms with Gasteiger partial charge in [-0.15, -0.1) is 0 Å². The van der Waals surface area contributed by atoms with E-state index in [1.165, 1.54) is 10.6 Å². The van der Waals surface area contributed by atoms with E-state index in [1.807, 2.05) is 30.3 Å². The van der Waals surface area contributed by atoms with Crippen LogP contribution in [0, 0.1) is 11.3 Å². The molecule has 1 N–H and O–H groups in total. The summed E-state index contributed by atoms with van der Waals surface area (Å²) in [7, 11) is -3.32. The number of rotatable bonds is 6. The van der Waals surface area contributed by atoms with E-state index in [1.54, 1.807) is 11.2 Å². The molecule has 1 amide bonds. The summed E-state index contributed by atoms with van der Waals surface area (Å²) < 4.78 is 30.5. The molecule has 1 aromatic carbocycles. The van der Waals surface area contributed by atoms with Gasteiger partial charge in [0.15, 0.2) is 0 Å². The summed E-state index contributed by atoms with van der Waals surface area (Å²) in [4.78, 5) is 14.7. The molecule has 2 aromatic rings. The minimum Gasteiger partial charge on any atom is -0.396 e. The SMILES string of the molecule is CS(=O)(=O)N1C[C@H]2CN(C(=O)CCc3conc3-c3ccccc3)CC[C@@]2(CO)C1. The zero-order valence-corrected chi connectivity index (χ0v) is 17.8. The van der Waals surface area contributed by atoms with E-state index in [-0.39, 0.29) is 18.4 Å². The van der Waals surface area contributed by atoms with Gasteiger partial charge in [0.2, 0.25) is 15.9 Å². The normalized spacial score (nSPS) is 24.7. The maximum atomic E-state index is 12.9. The molecule has 8 nitrogen and oxygen atoms in total. The predicted molar refractivity (Wildman–Crippen MR) is 111 cm³/mol. The second-order valence-electron chi connectivity index (χ2n) is 8.42. The first-order valence-corrected chi connectivity index (χ1v) is 12.0. The number of aryl methyl sites for hydroxylation is 1. The van der Waals surface area contributed by atoms with Crippen LogP contribution in [0.25, 0.3) is 11.3 Å². The Bertz CT molecular complexity index is 1010. The fourth-order valence-corrected chi connectivity index (χ4v) is 5.58. The minimum absolute atomic E-state index is 0.0274. The van der Waals surface area contributed by atoms with Crippen molar-refractivity contribution in [3.63, 3.8) is 0 Å². The lowest BCUT2D eigenvalue weighted by Crippen LogP contribution is -2.50. The third kappa shape index (κ3) is 4.01. The zero-order valence-electron chi connectivity index (χ0n) is 17.0. The number of nitrogens with zero attached hydrogens (tertiary/aromatic N) is 3. The Labute approximate surface area is 176 Å². The van der Waals surface area contributed by atoms with Gasteiger partial charge < -0.3 is 14.5 Å². The Morgan fingerprint density at radius 3 is 2.77 bits per heavy atom. The molecule has 3 heterocycles. The highest BCUT2D eigenvalue weighted by Gasteiger charge is 2.51. The van der Waals surface area contributed by atoms with Crippen LogP contribution in [0.2, 0.25) is 0 Å². The van der Waals surface area contributed by atoms with Crippen molar-refractivity contribution in [1.29, 1.82) is 0 Å². The summed E-state index contributed by atoms with van der Waals surface area (Å²) in [5.74, 6) is -0.0232. The van der Waals surface area contributed by atoms with E-state index >= 15 is 0 Å². The number of hydrogen-bond acceptors (Lipinski definition) is 6. The largest absolute Gasteiger partial charge is 0.396 e. The molecule has 0 bridgehead atoms. The molecule has 1 aromatic heterocycles. The number of benzene rings is 1. The van der Waals surface area contributed by atoms with Crippen molar-refractivity contribution in [2.75, 3.05) is 39.0 Å². The summed E-state index contributed by atoms with van der Waals surface area (Å²) in [5.41, 5.74) is 2.14. The predicted octanol–water partition coefficient (Wildman–Crippen LogP) is 1.38. The average molecular weight is 434 g/mol. The van der Waals surface area contributed by atoms with E-state index in [0.717, 1.165) is 16.8 Å². The molecule has 2 aliphatic heterocycles. The van der Waals surface area contributed by atoms with E-state index < -0.39 is 15.4 Å². The number of likely N-dealkylation sites (tertiary alicyclic amines) is 1. The standard InChI is InChI=1S/C21H27N3O5S/c1-30(27,28)24-12-18-11-23(10-9-21(18,14-24)15-25)19(26)8-7-17-13-29-22-20(17)16-5-3-2-4-6-16/h2-6,13,18,25H,7-12,14-15H2,1H3/t18-,21+/m1/s1. The van der Waals surface area contributed by atoms with Gasteiger partial charge in [-0.2, -0.15) is 0 Å². The number of aliphatic hydroxyl groups is 1. The molecule has 9 heteroatoms. The fourth-order valence-electron chi connectivity index (χ4n) is 4.64. The number of sulfonamides is 1. The van der Waals surface area contributed by atoms with Crippen molar-refractivity contribution >= 4 is 15.9 Å². The van der Waals surface area contributed by atoms with E-state index in [0.29, 0.717) is 45.4 Å². The number of aliphatic hydroxyl groups excluding tert-OH is 1. The lowest BCUT2D eigenvalue weighted by atomic mass is 9.73. The number of hydrogen-bond donors (Lipinski definition) is 1. The molecule has 2 saturated heterocycles. The van der Waals surface area contributed by atoms with Crippen LogP contribution in [0.3, 0.4) is 0 Å². The first-order valence-electron chi connectivity index (χ1n) is 10.1. The van der Waals surface area contributed by atoms with Gasteiger partial charge in [-0.1, -0.05) is 35.5 Å². The van der Waals surface area contributed by atoms with Crippen molar-refractivity contribution in [3.05, 3.63) is 42.2 Å². The summed E-state index contributed by atoms with van der Waals surface area (Å²) in [6, 6.07) is 9.71. The van der Waals surface area contributed by atoms with E-state index in [9.17, 15) is 18.3 Å². The van der Waals surface area contributed by atoms with Gasteiger partial charge in [-0.25, -0.2) is 12.7 Å². The number of piperidine rings is 1. The maximum absolute atomic E-state index is 12.9. The smallest absolute Gasteiger partial charge is 0.222 e. The topological polar surface area (TPSA) is 104 Å². The Morgan fingerprint density at radius 1 is 1.30 bits per heavy atom. The highest BCUT2D eigenvalue weighted by Crippen LogP contribution is 2.43. The average Bonchev–Trinajstić information content (AvgIpc) is 3.36. The van der Waals surface area contributed by atoms with Crippen LogP contribution in [0.1, 0.15) is 18.4 Å². The second-order valence-corrected chi connectivity index (χ2v) is 10.4. The molecule has 2 fully saturated rings. The monoisotopic (exact) mass is 433 g/mol. The van der Waals surface area contributed by atoms with Gasteiger partial charge in [0.1, 0.15) is 12.0 Å². The second kappa shape index (κ2) is 8.13. The summed E-state index contributed by atoms with van der Waals surface area (Å²) in [6.07, 6.45) is 4.24. The number of carbonyl (C=O) groups excluding carboxylic acids is 1. The highest BCUT2D eigenvalue weighted by atomic mass is 32.2. The van der Waals surface area contributed by atoms with Crippen LogP contribution in [0.5, 0.6) is 0 Å². The quantitative estimate of drug-likeness (QED) is 0.738. The highest BCUT2D eigenvalue weighted by molar-refractivity contribution is 7.88. The molecule has 30 heavy (non-hydrogen) atoms. The van der Waals surface area contributed by atoms with E-state index in [4.69, 9.17) is 4.52 Å². The van der Waals surface area contributed by atoms with Gasteiger partial charge >= 0.3 is 0 Å². The van der Waals surface area contributed by atoms with Crippen molar-refractivity contribution in [2.24, 2.45) is 11.3 Å². The lowest BCUT2D eigenvalue weighted by Gasteiger charge is -2.42. The van der Waals surface area contributed by atoms with Crippen LogP contribution < -0.4 is 0 Å². The van der Waals surface area contributed by atoms with Crippen molar-refractivity contribution in [3.8, 4) is 11.3 Å². The molecule has 0 aliphatic carbocycles. The first kappa shape index (κ1) is 21.0. The maximum Gasteiger partial charge on any atom is 0.222 e. The third-order valence-electron chi connectivity index (χ3n) is 6.54. The minimum atomic E-state index is -3.32. The molecule has 0 radical (unpaired) electrons. The van der Waals surface area contributed by atoms with Gasteiger partial charge in [0.05, 0.1) is 12.9 Å². The molecular weight excluding hydrogens is 406 g/mol. The molecule has 4 rings (SSSR count). The van der Waals surface area contributed by atoms with Crippen molar-refractivity contribution < 1.29 is 22.8 Å². The Kier molecular flexibility index (Phi) is 5.69. The zero-order chi connectivity index (χ0) is 21.4. The van der Waals surface area contributed by atoms with Gasteiger partial charge in [-0.3, -0.25) is 4.79 Å². The van der Waals surface area contributed by atoms with E-state index in [2.05, 4.69) is 5.16 Å². The molecule has 0 saturated carbocycles. The van der Waals surface area contributed by atoms with Crippen LogP contribution in [-0.4, -0.2) is 72.8 Å². The van der Waals surface area contributed by atoms with Crippen molar-refractivity contribution in [2.45, 2.75) is 19.3 Å². The first-order chi connectivity index (χ1) is 14.3. The number of amides is 1. The summed E-state index contributed by atoms with van der Waals surface area (Å²) in [5, 5.41) is 14.1. The van der Waals surface area contributed by atoms with Crippen molar-refractivity contribution in [1.82, 2.24) is 14.4 Å². The molecule has 162 valence electrons. The Hall–Kier alpha value is -2.23. The van der Waals surface area contributed by atoms with Crippen LogP contribution >= 0.6 is 0 Å². The summed E-state index contributed by atoms with van der Waals surface area (Å²) in [6.45, 7) is 1.62. The molecule has 0 spiro atoms. The Balaban J connectivity index is 1.40. The van der Waals surface area contributed by atoms with Gasteiger partial charge in [0, 0.05) is 49.1 Å². The molecular formula is C21H27N3O5S. The third-order valence-corrected chi connectivity index (χ3v) is 7.75. The fraction of sp³-hybridized carbons (Fsp3) is 0.524. The Morgan fingerprint density at radius 2 is 2.07 bits per heavy atom. The molecule has 2 atom stereocenters. The number of carbonyl (C=O) groups is 1. The van der Waals surface area contributed by atoms with Crippen LogP contribution in [-0.2, 0) is 21.2 Å². The van der Waals surface area contributed by atoms with Crippen LogP contribution in [0.15, 0.2) is 41.1 Å². The van der Waals surface area contributed by atoms with Gasteiger partial charge in [0.25, 0.3) is 0 Å². The molecule has 2 aliphatic rings. The molecule has 0 unspecified atom stereocenters. The summed E-state index contributed by atoms with van der Waals surface area (Å²) >= 11 is 0. The lowest BCUT2D eigenvalue weighted by molar-refractivity contribution is -0.135. The number of aromatic nitrogens is 1. The number of fused-ring (bicyclic) bond motifs is 1. The van der Waals surface area contributed by atoms with Gasteiger partial charge in [-0.05, 0) is 18.8 Å². The van der Waals surface area contributed by atoms with Crippen LogP contribution in [0.4, 0.5) is 0 Å².